The van der Waals surface area contributed by atoms with E-state index in [0.717, 1.165) is 11.8 Å². The van der Waals surface area contributed by atoms with Gasteiger partial charge in [-0.2, -0.15) is 0 Å². The highest BCUT2D eigenvalue weighted by Crippen LogP contribution is 2.16. The van der Waals surface area contributed by atoms with Crippen molar-refractivity contribution in [1.29, 1.82) is 0 Å². The molecule has 0 heterocycles. The molecule has 0 aromatic heterocycles. The number of hydrogen-bond donors (Lipinski definition) is 1. The summed E-state index contributed by atoms with van der Waals surface area (Å²) in [6, 6.07) is 14.0. The van der Waals surface area contributed by atoms with Crippen LogP contribution in [0.5, 0.6) is 0 Å². The van der Waals surface area contributed by atoms with Crippen LogP contribution in [0.15, 0.2) is 59.5 Å². The Kier molecular flexibility index (Phi) is 7.06. The van der Waals surface area contributed by atoms with Crippen LogP contribution < -0.4 is 5.32 Å². The van der Waals surface area contributed by atoms with E-state index in [2.05, 4.69) is 5.32 Å². The Labute approximate surface area is 163 Å². The molecule has 0 fully saturated rings. The lowest BCUT2D eigenvalue weighted by atomic mass is 10.0. The topological polar surface area (TPSA) is 107 Å². The molecule has 1 amide bonds. The maximum absolute atomic E-state index is 12.2. The maximum atomic E-state index is 12.2. The van der Waals surface area contributed by atoms with Gasteiger partial charge in [0.1, 0.15) is 0 Å². The van der Waals surface area contributed by atoms with Gasteiger partial charge in [-0.3, -0.25) is 9.59 Å². The van der Waals surface area contributed by atoms with Gasteiger partial charge in [-0.1, -0.05) is 42.5 Å². The number of rotatable bonds is 8. The first-order chi connectivity index (χ1) is 13.2. The van der Waals surface area contributed by atoms with Gasteiger partial charge in [0, 0.05) is 6.26 Å². The van der Waals surface area contributed by atoms with Crippen molar-refractivity contribution < 1.29 is 27.5 Å². The Hall–Kier alpha value is -3.00. The second-order valence-corrected chi connectivity index (χ2v) is 8.25. The largest absolute Gasteiger partial charge is 0.452 e. The van der Waals surface area contributed by atoms with Gasteiger partial charge in [0.05, 0.1) is 16.5 Å². The Bertz CT molecular complexity index is 969. The zero-order valence-electron chi connectivity index (χ0n) is 15.5. The highest BCUT2D eigenvalue weighted by Gasteiger charge is 2.22. The van der Waals surface area contributed by atoms with Crippen molar-refractivity contribution in [2.24, 2.45) is 0 Å². The summed E-state index contributed by atoms with van der Waals surface area (Å²) in [5.41, 5.74) is 0.729. The van der Waals surface area contributed by atoms with Gasteiger partial charge in [-0.05, 0) is 31.0 Å². The summed E-state index contributed by atoms with van der Waals surface area (Å²) < 4.78 is 28.5. The normalized spacial score (nSPS) is 12.1. The third kappa shape index (κ3) is 6.02. The van der Waals surface area contributed by atoms with Gasteiger partial charge in [-0.15, -0.1) is 0 Å². The first-order valence-corrected chi connectivity index (χ1v) is 10.4. The summed E-state index contributed by atoms with van der Waals surface area (Å²) in [6.07, 6.45) is 1.29. The quantitative estimate of drug-likeness (QED) is 0.671. The zero-order valence-corrected chi connectivity index (χ0v) is 16.4. The fourth-order valence-electron chi connectivity index (χ4n) is 2.55. The van der Waals surface area contributed by atoms with Gasteiger partial charge in [0.2, 0.25) is 0 Å². The molecule has 0 saturated heterocycles. The summed E-state index contributed by atoms with van der Waals surface area (Å²) >= 11 is 0. The molecule has 0 aliphatic rings. The molecular weight excluding hydrogens is 382 g/mol. The number of ether oxygens (including phenoxy) is 1. The molecule has 28 heavy (non-hydrogen) atoms. The van der Waals surface area contributed by atoms with E-state index in [9.17, 15) is 22.8 Å². The Morgan fingerprint density at radius 1 is 1.00 bits per heavy atom. The number of nitrogens with one attached hydrogen (secondary N) is 1. The van der Waals surface area contributed by atoms with E-state index >= 15 is 0 Å². The summed E-state index contributed by atoms with van der Waals surface area (Å²) in [7, 11) is -3.63. The molecule has 148 valence electrons. The zero-order chi connectivity index (χ0) is 20.7. The number of benzene rings is 2. The smallest absolute Gasteiger partial charge is 0.339 e. The second-order valence-electron chi connectivity index (χ2n) is 6.26. The molecule has 1 N–H and O–H groups in total. The molecule has 7 nitrogen and oxygen atoms in total. The van der Waals surface area contributed by atoms with Crippen molar-refractivity contribution in [2.75, 3.05) is 12.9 Å². The van der Waals surface area contributed by atoms with Crippen LogP contribution in [0.25, 0.3) is 0 Å². The first kappa shape index (κ1) is 21.3. The number of carbonyl (C=O) groups excluding carboxylic acids is 3. The third-order valence-corrected chi connectivity index (χ3v) is 5.10. The van der Waals surface area contributed by atoms with Crippen LogP contribution in [0.1, 0.15) is 22.8 Å². The highest BCUT2D eigenvalue weighted by molar-refractivity contribution is 7.90. The number of carbonyl (C=O) groups is 3. The third-order valence-electron chi connectivity index (χ3n) is 3.95. The molecule has 0 radical (unpaired) electrons. The molecule has 0 aliphatic heterocycles. The average molecular weight is 403 g/mol. The van der Waals surface area contributed by atoms with E-state index in [-0.39, 0.29) is 16.2 Å². The van der Waals surface area contributed by atoms with Crippen LogP contribution in [-0.2, 0) is 30.6 Å². The fraction of sp³-hybridized carbons (Fsp3) is 0.250. The van der Waals surface area contributed by atoms with Crippen LogP contribution >= 0.6 is 0 Å². The number of amides is 1. The molecule has 8 heteroatoms. The minimum absolute atomic E-state index is 0.148. The van der Waals surface area contributed by atoms with Crippen molar-refractivity contribution in [2.45, 2.75) is 24.3 Å². The lowest BCUT2D eigenvalue weighted by Crippen LogP contribution is -2.43. The molecular formula is C20H21NO6S. The molecule has 2 rings (SSSR count). The van der Waals surface area contributed by atoms with Crippen LogP contribution in [0.2, 0.25) is 0 Å². The number of Topliss-reactive ketones (excluding diaryl/α,β-unsaturated/α-hetero) is 1. The standard InChI is InChI=1S/C20H21NO6S/c1-14(22)17(12-15-8-4-3-5-9-15)21-19(23)13-27-20(24)16-10-6-7-11-18(16)28(2,25)26/h3-11,17H,12-13H2,1-2H3,(H,21,23)/t17-/m1/s1. The van der Waals surface area contributed by atoms with E-state index in [4.69, 9.17) is 4.74 Å². The van der Waals surface area contributed by atoms with Crippen molar-refractivity contribution in [3.8, 4) is 0 Å². The Balaban J connectivity index is 1.99. The summed E-state index contributed by atoms with van der Waals surface area (Å²) in [4.78, 5) is 35.9. The molecule has 0 bridgehead atoms. The molecule has 1 atom stereocenters. The van der Waals surface area contributed by atoms with Crippen LogP contribution in [-0.4, -0.2) is 45.0 Å². The maximum Gasteiger partial charge on any atom is 0.339 e. The van der Waals surface area contributed by atoms with Gasteiger partial charge in [-0.25, -0.2) is 13.2 Å². The van der Waals surface area contributed by atoms with E-state index in [0.29, 0.717) is 6.42 Å². The van der Waals surface area contributed by atoms with Gasteiger partial charge in [0.25, 0.3) is 5.91 Å². The summed E-state index contributed by atoms with van der Waals surface area (Å²) in [5.74, 6) is -1.81. The number of hydrogen-bond acceptors (Lipinski definition) is 6. The summed E-state index contributed by atoms with van der Waals surface area (Å²) in [6.45, 7) is 0.734. The molecule has 0 unspecified atom stereocenters. The average Bonchev–Trinajstić information content (AvgIpc) is 2.65. The van der Waals surface area contributed by atoms with Crippen LogP contribution in [0.4, 0.5) is 0 Å². The minimum Gasteiger partial charge on any atom is -0.452 e. The molecule has 0 saturated carbocycles. The van der Waals surface area contributed by atoms with Crippen molar-refractivity contribution in [3.63, 3.8) is 0 Å². The van der Waals surface area contributed by atoms with Crippen molar-refractivity contribution >= 4 is 27.5 Å². The van der Waals surface area contributed by atoms with Crippen molar-refractivity contribution in [1.82, 2.24) is 5.32 Å². The highest BCUT2D eigenvalue weighted by atomic mass is 32.2. The minimum atomic E-state index is -3.63. The SMILES string of the molecule is CC(=O)[C@@H](Cc1ccccc1)NC(=O)COC(=O)c1ccccc1S(C)(=O)=O. The van der Waals surface area contributed by atoms with Crippen LogP contribution in [0, 0.1) is 0 Å². The van der Waals surface area contributed by atoms with Gasteiger partial charge < -0.3 is 10.1 Å². The monoisotopic (exact) mass is 403 g/mol. The number of sulfone groups is 1. The Morgan fingerprint density at radius 3 is 2.21 bits per heavy atom. The fourth-order valence-corrected chi connectivity index (χ4v) is 3.43. The molecule has 2 aromatic rings. The van der Waals surface area contributed by atoms with Gasteiger partial charge in [0.15, 0.2) is 22.2 Å². The van der Waals surface area contributed by atoms with Gasteiger partial charge >= 0.3 is 5.97 Å². The predicted molar refractivity (Wildman–Crippen MR) is 103 cm³/mol. The van der Waals surface area contributed by atoms with E-state index in [1.165, 1.54) is 31.2 Å². The Morgan fingerprint density at radius 2 is 1.61 bits per heavy atom. The predicted octanol–water partition coefficient (Wildman–Crippen LogP) is 1.56. The van der Waals surface area contributed by atoms with E-state index in [1.54, 1.807) is 0 Å². The van der Waals surface area contributed by atoms with E-state index < -0.39 is 34.4 Å². The first-order valence-electron chi connectivity index (χ1n) is 8.48. The van der Waals surface area contributed by atoms with Crippen LogP contribution in [0.3, 0.4) is 0 Å². The second kappa shape index (κ2) is 9.27. The lowest BCUT2D eigenvalue weighted by molar-refractivity contribution is -0.128. The summed E-state index contributed by atoms with van der Waals surface area (Å²) in [5, 5.41) is 2.53. The van der Waals surface area contributed by atoms with Crippen molar-refractivity contribution in [3.05, 3.63) is 65.7 Å². The number of esters is 1. The molecule has 0 spiro atoms. The number of ketones is 1. The molecule has 2 aromatic carbocycles. The lowest BCUT2D eigenvalue weighted by Gasteiger charge is -2.16. The van der Waals surface area contributed by atoms with E-state index in [1.807, 2.05) is 30.3 Å². The molecule has 0 aliphatic carbocycles.